The summed E-state index contributed by atoms with van der Waals surface area (Å²) in [6, 6.07) is 7.39. The number of nitro groups is 1. The van der Waals surface area contributed by atoms with Gasteiger partial charge in [0.1, 0.15) is 0 Å². The fourth-order valence-corrected chi connectivity index (χ4v) is 3.98. The van der Waals surface area contributed by atoms with Crippen LogP contribution in [0.15, 0.2) is 29.2 Å². The molecule has 0 bridgehead atoms. The molecule has 20 heavy (non-hydrogen) atoms. The van der Waals surface area contributed by atoms with Gasteiger partial charge in [0.15, 0.2) is 0 Å². The van der Waals surface area contributed by atoms with Crippen molar-refractivity contribution in [2.75, 3.05) is 12.8 Å². The second-order valence-corrected chi connectivity index (χ2v) is 6.45. The molecule has 0 aliphatic heterocycles. The Morgan fingerprint density at radius 1 is 1.30 bits per heavy atom. The highest BCUT2D eigenvalue weighted by atomic mass is 32.2. The number of non-ortho nitro benzene ring substituents is 1. The summed E-state index contributed by atoms with van der Waals surface area (Å²) in [5.74, 6) is 1.80. The lowest BCUT2D eigenvalue weighted by molar-refractivity contribution is -0.384. The van der Waals surface area contributed by atoms with Crippen LogP contribution in [0.5, 0.6) is 0 Å². The average molecular weight is 294 g/mol. The highest BCUT2D eigenvalue weighted by Gasteiger charge is 2.22. The monoisotopic (exact) mass is 294 g/mol. The van der Waals surface area contributed by atoms with Crippen LogP contribution in [0, 0.1) is 16.0 Å². The summed E-state index contributed by atoms with van der Waals surface area (Å²) in [5.41, 5.74) is 0.159. The van der Waals surface area contributed by atoms with Crippen LogP contribution in [0.2, 0.25) is 0 Å². The Morgan fingerprint density at radius 2 is 1.95 bits per heavy atom. The third-order valence-electron chi connectivity index (χ3n) is 4.07. The molecule has 1 aromatic rings. The number of rotatable bonds is 6. The standard InChI is InChI=1S/C15H22N2O2S/c1-16-15(12-5-3-2-4-6-12)11-20-14-9-7-13(8-10-14)17(18)19/h7-10,12,15-16H,2-6,11H2,1H3. The highest BCUT2D eigenvalue weighted by molar-refractivity contribution is 7.99. The van der Waals surface area contributed by atoms with Crippen molar-refractivity contribution in [1.29, 1.82) is 0 Å². The maximum Gasteiger partial charge on any atom is 0.269 e. The van der Waals surface area contributed by atoms with Crippen molar-refractivity contribution in [3.05, 3.63) is 34.4 Å². The van der Waals surface area contributed by atoms with Gasteiger partial charge in [-0.15, -0.1) is 11.8 Å². The number of nitrogens with one attached hydrogen (secondary N) is 1. The zero-order valence-corrected chi connectivity index (χ0v) is 12.7. The molecule has 1 aromatic carbocycles. The van der Waals surface area contributed by atoms with E-state index in [2.05, 4.69) is 5.32 Å². The Hall–Kier alpha value is -1.07. The van der Waals surface area contributed by atoms with Gasteiger partial charge in [-0.3, -0.25) is 10.1 Å². The van der Waals surface area contributed by atoms with E-state index < -0.39 is 0 Å². The Labute approximate surface area is 124 Å². The molecule has 1 N–H and O–H groups in total. The number of benzene rings is 1. The molecule has 0 saturated heterocycles. The number of hydrogen-bond acceptors (Lipinski definition) is 4. The summed E-state index contributed by atoms with van der Waals surface area (Å²) in [6.45, 7) is 0. The first kappa shape index (κ1) is 15.3. The van der Waals surface area contributed by atoms with Crippen molar-refractivity contribution >= 4 is 17.4 Å². The minimum atomic E-state index is -0.354. The Kier molecular flexibility index (Phi) is 5.86. The van der Waals surface area contributed by atoms with E-state index in [1.807, 2.05) is 19.2 Å². The van der Waals surface area contributed by atoms with E-state index >= 15 is 0 Å². The minimum absolute atomic E-state index is 0.159. The normalized spacial score (nSPS) is 17.9. The second-order valence-electron chi connectivity index (χ2n) is 5.36. The predicted octanol–water partition coefficient (Wildman–Crippen LogP) is 3.86. The Morgan fingerprint density at radius 3 is 2.50 bits per heavy atom. The number of thioether (sulfide) groups is 1. The van der Waals surface area contributed by atoms with Gasteiger partial charge in [0.2, 0.25) is 0 Å². The summed E-state index contributed by atoms with van der Waals surface area (Å²) in [4.78, 5) is 11.4. The van der Waals surface area contributed by atoms with Crippen molar-refractivity contribution in [3.63, 3.8) is 0 Å². The largest absolute Gasteiger partial charge is 0.316 e. The van der Waals surface area contributed by atoms with Crippen molar-refractivity contribution in [2.45, 2.75) is 43.0 Å². The summed E-state index contributed by atoms with van der Waals surface area (Å²) < 4.78 is 0. The van der Waals surface area contributed by atoms with E-state index in [0.717, 1.165) is 16.6 Å². The number of hydrogen-bond donors (Lipinski definition) is 1. The predicted molar refractivity (Wildman–Crippen MR) is 83.2 cm³/mol. The van der Waals surface area contributed by atoms with Crippen LogP contribution in [-0.2, 0) is 0 Å². The highest BCUT2D eigenvalue weighted by Crippen LogP contribution is 2.30. The van der Waals surface area contributed by atoms with E-state index in [1.165, 1.54) is 32.1 Å². The lowest BCUT2D eigenvalue weighted by Crippen LogP contribution is -2.36. The van der Waals surface area contributed by atoms with Gasteiger partial charge in [-0.25, -0.2) is 0 Å². The van der Waals surface area contributed by atoms with Crippen molar-refractivity contribution in [3.8, 4) is 0 Å². The van der Waals surface area contributed by atoms with E-state index in [4.69, 9.17) is 0 Å². The molecule has 0 amide bonds. The topological polar surface area (TPSA) is 55.2 Å². The molecule has 2 rings (SSSR count). The van der Waals surface area contributed by atoms with Gasteiger partial charge in [0.25, 0.3) is 5.69 Å². The van der Waals surface area contributed by atoms with E-state index in [0.29, 0.717) is 6.04 Å². The molecule has 1 aliphatic rings. The van der Waals surface area contributed by atoms with Gasteiger partial charge >= 0.3 is 0 Å². The van der Waals surface area contributed by atoms with E-state index in [1.54, 1.807) is 23.9 Å². The minimum Gasteiger partial charge on any atom is -0.316 e. The maximum absolute atomic E-state index is 10.6. The molecule has 1 fully saturated rings. The van der Waals surface area contributed by atoms with Crippen molar-refractivity contribution in [1.82, 2.24) is 5.32 Å². The molecule has 1 unspecified atom stereocenters. The fourth-order valence-electron chi connectivity index (χ4n) is 2.84. The summed E-state index contributed by atoms with van der Waals surface area (Å²) in [7, 11) is 2.04. The molecule has 0 aromatic heterocycles. The van der Waals surface area contributed by atoms with E-state index in [9.17, 15) is 10.1 Å². The van der Waals surface area contributed by atoms with Crippen LogP contribution in [-0.4, -0.2) is 23.8 Å². The molecule has 1 aliphatic carbocycles. The first-order valence-electron chi connectivity index (χ1n) is 7.25. The molecule has 0 heterocycles. The molecular formula is C15H22N2O2S. The lowest BCUT2D eigenvalue weighted by Gasteiger charge is -2.29. The van der Waals surface area contributed by atoms with Crippen molar-refractivity contribution < 1.29 is 4.92 Å². The number of nitrogens with zero attached hydrogens (tertiary/aromatic N) is 1. The van der Waals surface area contributed by atoms with Crippen LogP contribution in [0.3, 0.4) is 0 Å². The van der Waals surface area contributed by atoms with Crippen LogP contribution in [0.4, 0.5) is 5.69 Å². The molecule has 4 nitrogen and oxygen atoms in total. The second kappa shape index (κ2) is 7.64. The third kappa shape index (κ3) is 4.21. The van der Waals surface area contributed by atoms with Gasteiger partial charge in [-0.1, -0.05) is 19.3 Å². The van der Waals surface area contributed by atoms with Crippen LogP contribution in [0.1, 0.15) is 32.1 Å². The van der Waals surface area contributed by atoms with Gasteiger partial charge in [0, 0.05) is 28.8 Å². The number of nitro benzene ring substituents is 1. The average Bonchev–Trinajstić information content (AvgIpc) is 2.49. The fraction of sp³-hybridized carbons (Fsp3) is 0.600. The van der Waals surface area contributed by atoms with Crippen LogP contribution >= 0.6 is 11.8 Å². The molecule has 110 valence electrons. The molecule has 0 radical (unpaired) electrons. The molecular weight excluding hydrogens is 272 g/mol. The Bertz CT molecular complexity index is 430. The van der Waals surface area contributed by atoms with Gasteiger partial charge in [-0.2, -0.15) is 0 Å². The van der Waals surface area contributed by atoms with Crippen LogP contribution in [0.25, 0.3) is 0 Å². The smallest absolute Gasteiger partial charge is 0.269 e. The van der Waals surface area contributed by atoms with Gasteiger partial charge in [0.05, 0.1) is 4.92 Å². The first-order valence-corrected chi connectivity index (χ1v) is 8.24. The Balaban J connectivity index is 1.87. The molecule has 1 atom stereocenters. The molecule has 0 spiro atoms. The maximum atomic E-state index is 10.6. The summed E-state index contributed by atoms with van der Waals surface area (Å²) in [5, 5.41) is 14.1. The lowest BCUT2D eigenvalue weighted by atomic mass is 9.84. The van der Waals surface area contributed by atoms with E-state index in [-0.39, 0.29) is 10.6 Å². The molecule has 5 heteroatoms. The quantitative estimate of drug-likeness (QED) is 0.492. The summed E-state index contributed by atoms with van der Waals surface area (Å²) in [6.07, 6.45) is 6.73. The summed E-state index contributed by atoms with van der Waals surface area (Å²) >= 11 is 1.78. The van der Waals surface area contributed by atoms with Crippen LogP contribution < -0.4 is 5.32 Å². The zero-order valence-electron chi connectivity index (χ0n) is 11.9. The van der Waals surface area contributed by atoms with Crippen molar-refractivity contribution in [2.24, 2.45) is 5.92 Å². The SMILES string of the molecule is CNC(CSc1ccc([N+](=O)[O-])cc1)C1CCCCC1. The first-order chi connectivity index (χ1) is 9.70. The third-order valence-corrected chi connectivity index (χ3v) is 5.20. The van der Waals surface area contributed by atoms with Gasteiger partial charge in [-0.05, 0) is 37.9 Å². The zero-order chi connectivity index (χ0) is 14.4. The van der Waals surface area contributed by atoms with Gasteiger partial charge < -0.3 is 5.32 Å². The molecule has 1 saturated carbocycles.